The highest BCUT2D eigenvalue weighted by Gasteiger charge is 2.17. The molecule has 1 atom stereocenters. The molecule has 2 heteroatoms. The Bertz CT molecular complexity index is 362. The molecule has 2 nitrogen and oxygen atoms in total. The summed E-state index contributed by atoms with van der Waals surface area (Å²) in [6, 6.07) is 6.70. The minimum atomic E-state index is 0.374. The Morgan fingerprint density at radius 2 is 2.19 bits per heavy atom. The van der Waals surface area contributed by atoms with Crippen LogP contribution in [0.2, 0.25) is 0 Å². The number of hydrogen-bond acceptors (Lipinski definition) is 2. The largest absolute Gasteiger partial charge is 0.376 e. The first kappa shape index (κ1) is 11.6. The summed E-state index contributed by atoms with van der Waals surface area (Å²) in [5, 5.41) is 0. The summed E-state index contributed by atoms with van der Waals surface area (Å²) in [4.78, 5) is 2.48. The molecule has 1 heterocycles. The zero-order valence-electron chi connectivity index (χ0n) is 10.5. The number of benzene rings is 1. The van der Waals surface area contributed by atoms with E-state index in [4.69, 9.17) is 4.74 Å². The molecule has 1 aliphatic heterocycles. The standard InChI is InChI=1S/C14H21NO/c1-11-4-5-12(2)14(8-11)10-15-6-7-16-13(3)9-15/h4-5,8,13H,6-7,9-10H2,1-3H3. The van der Waals surface area contributed by atoms with Gasteiger partial charge in [0.05, 0.1) is 12.7 Å². The van der Waals surface area contributed by atoms with Crippen molar-refractivity contribution in [3.63, 3.8) is 0 Å². The van der Waals surface area contributed by atoms with Crippen LogP contribution in [0.1, 0.15) is 23.6 Å². The van der Waals surface area contributed by atoms with Gasteiger partial charge in [0.25, 0.3) is 0 Å². The van der Waals surface area contributed by atoms with Gasteiger partial charge in [-0.05, 0) is 31.9 Å². The summed E-state index contributed by atoms with van der Waals surface area (Å²) >= 11 is 0. The molecule has 0 bridgehead atoms. The van der Waals surface area contributed by atoms with Crippen molar-refractivity contribution in [3.05, 3.63) is 34.9 Å². The molecule has 0 aliphatic carbocycles. The average Bonchev–Trinajstić information content (AvgIpc) is 2.24. The number of ether oxygens (including phenoxy) is 1. The Labute approximate surface area is 98.2 Å². The third-order valence-electron chi connectivity index (χ3n) is 3.22. The highest BCUT2D eigenvalue weighted by molar-refractivity contribution is 5.30. The van der Waals surface area contributed by atoms with Gasteiger partial charge in [0, 0.05) is 19.6 Å². The molecule has 0 spiro atoms. The molecule has 1 aliphatic rings. The van der Waals surface area contributed by atoms with Crippen molar-refractivity contribution in [1.82, 2.24) is 4.90 Å². The molecule has 0 radical (unpaired) electrons. The van der Waals surface area contributed by atoms with Crippen molar-refractivity contribution in [3.8, 4) is 0 Å². The Hall–Kier alpha value is -0.860. The van der Waals surface area contributed by atoms with Crippen molar-refractivity contribution >= 4 is 0 Å². The van der Waals surface area contributed by atoms with Crippen LogP contribution in [-0.4, -0.2) is 30.7 Å². The van der Waals surface area contributed by atoms with Crippen LogP contribution in [0.5, 0.6) is 0 Å². The first-order chi connectivity index (χ1) is 7.65. The summed E-state index contributed by atoms with van der Waals surface area (Å²) in [7, 11) is 0. The van der Waals surface area contributed by atoms with E-state index in [-0.39, 0.29) is 0 Å². The van der Waals surface area contributed by atoms with Gasteiger partial charge in [-0.2, -0.15) is 0 Å². The van der Waals surface area contributed by atoms with E-state index in [0.29, 0.717) is 6.10 Å². The van der Waals surface area contributed by atoms with E-state index >= 15 is 0 Å². The van der Waals surface area contributed by atoms with E-state index in [2.05, 4.69) is 43.9 Å². The summed E-state index contributed by atoms with van der Waals surface area (Å²) in [5.41, 5.74) is 4.20. The van der Waals surface area contributed by atoms with Gasteiger partial charge >= 0.3 is 0 Å². The van der Waals surface area contributed by atoms with Crippen molar-refractivity contribution < 1.29 is 4.74 Å². The van der Waals surface area contributed by atoms with Gasteiger partial charge in [0.2, 0.25) is 0 Å². The molecule has 1 aromatic carbocycles. The Morgan fingerprint density at radius 3 is 2.94 bits per heavy atom. The van der Waals surface area contributed by atoms with E-state index in [1.807, 2.05) is 0 Å². The van der Waals surface area contributed by atoms with E-state index in [9.17, 15) is 0 Å². The Kier molecular flexibility index (Phi) is 3.62. The van der Waals surface area contributed by atoms with Gasteiger partial charge in [-0.25, -0.2) is 0 Å². The molecule has 1 unspecified atom stereocenters. The molecule has 1 fully saturated rings. The SMILES string of the molecule is Cc1ccc(C)c(CN2CCOC(C)C2)c1. The normalized spacial score (nSPS) is 22.3. The maximum atomic E-state index is 5.56. The summed E-state index contributed by atoms with van der Waals surface area (Å²) < 4.78 is 5.56. The van der Waals surface area contributed by atoms with Crippen LogP contribution in [0.4, 0.5) is 0 Å². The minimum absolute atomic E-state index is 0.374. The molecular formula is C14H21NO. The van der Waals surface area contributed by atoms with E-state index < -0.39 is 0 Å². The number of rotatable bonds is 2. The highest BCUT2D eigenvalue weighted by atomic mass is 16.5. The van der Waals surface area contributed by atoms with Gasteiger partial charge in [-0.15, -0.1) is 0 Å². The molecule has 88 valence electrons. The van der Waals surface area contributed by atoms with Gasteiger partial charge in [-0.3, -0.25) is 4.90 Å². The predicted octanol–water partition coefficient (Wildman–Crippen LogP) is 2.52. The van der Waals surface area contributed by atoms with Crippen LogP contribution in [-0.2, 0) is 11.3 Å². The van der Waals surface area contributed by atoms with Crippen LogP contribution in [0.15, 0.2) is 18.2 Å². The van der Waals surface area contributed by atoms with Crippen molar-refractivity contribution in [1.29, 1.82) is 0 Å². The molecule has 1 saturated heterocycles. The maximum absolute atomic E-state index is 5.56. The summed E-state index contributed by atoms with van der Waals surface area (Å²) in [5.74, 6) is 0. The van der Waals surface area contributed by atoms with Crippen LogP contribution in [0.3, 0.4) is 0 Å². The second-order valence-corrected chi connectivity index (χ2v) is 4.85. The maximum Gasteiger partial charge on any atom is 0.0674 e. The smallest absolute Gasteiger partial charge is 0.0674 e. The zero-order valence-corrected chi connectivity index (χ0v) is 10.5. The fourth-order valence-corrected chi connectivity index (χ4v) is 2.25. The first-order valence-electron chi connectivity index (χ1n) is 6.05. The second-order valence-electron chi connectivity index (χ2n) is 4.85. The van der Waals surface area contributed by atoms with E-state index in [1.165, 1.54) is 16.7 Å². The lowest BCUT2D eigenvalue weighted by Crippen LogP contribution is -2.40. The predicted molar refractivity (Wildman–Crippen MR) is 66.6 cm³/mol. The Morgan fingerprint density at radius 1 is 1.38 bits per heavy atom. The monoisotopic (exact) mass is 219 g/mol. The van der Waals surface area contributed by atoms with E-state index in [0.717, 1.165) is 26.2 Å². The Balaban J connectivity index is 2.05. The van der Waals surface area contributed by atoms with Crippen LogP contribution < -0.4 is 0 Å². The van der Waals surface area contributed by atoms with Gasteiger partial charge in [-0.1, -0.05) is 23.8 Å². The molecule has 16 heavy (non-hydrogen) atoms. The quantitative estimate of drug-likeness (QED) is 0.758. The fourth-order valence-electron chi connectivity index (χ4n) is 2.25. The number of morpholine rings is 1. The molecule has 1 aromatic rings. The topological polar surface area (TPSA) is 12.5 Å². The first-order valence-corrected chi connectivity index (χ1v) is 6.05. The zero-order chi connectivity index (χ0) is 11.5. The lowest BCUT2D eigenvalue weighted by molar-refractivity contribution is -0.0212. The number of nitrogens with zero attached hydrogens (tertiary/aromatic N) is 1. The summed E-state index contributed by atoms with van der Waals surface area (Å²) in [6.07, 6.45) is 0.374. The highest BCUT2D eigenvalue weighted by Crippen LogP contribution is 2.15. The number of hydrogen-bond donors (Lipinski definition) is 0. The van der Waals surface area contributed by atoms with Crippen LogP contribution in [0, 0.1) is 13.8 Å². The third kappa shape index (κ3) is 2.83. The van der Waals surface area contributed by atoms with Gasteiger partial charge < -0.3 is 4.74 Å². The fraction of sp³-hybridized carbons (Fsp3) is 0.571. The van der Waals surface area contributed by atoms with Gasteiger partial charge in [0.1, 0.15) is 0 Å². The lowest BCUT2D eigenvalue weighted by Gasteiger charge is -2.31. The summed E-state index contributed by atoms with van der Waals surface area (Å²) in [6.45, 7) is 10.5. The van der Waals surface area contributed by atoms with E-state index in [1.54, 1.807) is 0 Å². The van der Waals surface area contributed by atoms with Crippen molar-refractivity contribution in [2.75, 3.05) is 19.7 Å². The molecule has 0 amide bonds. The molecule has 2 rings (SSSR count). The average molecular weight is 219 g/mol. The third-order valence-corrected chi connectivity index (χ3v) is 3.22. The second kappa shape index (κ2) is 4.98. The van der Waals surface area contributed by atoms with Gasteiger partial charge in [0.15, 0.2) is 0 Å². The molecular weight excluding hydrogens is 198 g/mol. The van der Waals surface area contributed by atoms with Crippen molar-refractivity contribution in [2.45, 2.75) is 33.4 Å². The lowest BCUT2D eigenvalue weighted by atomic mass is 10.0. The minimum Gasteiger partial charge on any atom is -0.376 e. The van der Waals surface area contributed by atoms with Crippen molar-refractivity contribution in [2.24, 2.45) is 0 Å². The molecule has 0 N–H and O–H groups in total. The number of aryl methyl sites for hydroxylation is 2. The molecule has 0 saturated carbocycles. The van der Waals surface area contributed by atoms with Crippen LogP contribution in [0.25, 0.3) is 0 Å². The molecule has 0 aromatic heterocycles. The van der Waals surface area contributed by atoms with Crippen LogP contribution >= 0.6 is 0 Å².